The van der Waals surface area contributed by atoms with Crippen LogP contribution in [0, 0.1) is 0 Å². The average molecular weight is 441 g/mol. The third-order valence-electron chi connectivity index (χ3n) is 6.22. The van der Waals surface area contributed by atoms with Crippen molar-refractivity contribution < 1.29 is 19.0 Å². The van der Waals surface area contributed by atoms with Crippen LogP contribution in [0.25, 0.3) is 22.4 Å². The van der Waals surface area contributed by atoms with Gasteiger partial charge in [0.25, 0.3) is 6.01 Å². The number of benzene rings is 1. The van der Waals surface area contributed by atoms with E-state index in [0.29, 0.717) is 41.1 Å². The predicted octanol–water partition coefficient (Wildman–Crippen LogP) is 2.82. The summed E-state index contributed by atoms with van der Waals surface area (Å²) in [6, 6.07) is 9.99. The van der Waals surface area contributed by atoms with Gasteiger partial charge in [0.05, 0.1) is 34.9 Å². The van der Waals surface area contributed by atoms with Gasteiger partial charge in [0, 0.05) is 18.7 Å². The van der Waals surface area contributed by atoms with Gasteiger partial charge in [0.15, 0.2) is 11.8 Å². The SMILES string of the molecule is O=C1NCCC1c1ccc(-c2nc3nc(O[C@@H]4CO[C@@H]5CCO[C@@H]54)[nH]c3cc2Cl)cc1. The second kappa shape index (κ2) is 7.47. The number of imidazole rings is 1. The molecule has 0 saturated carbocycles. The van der Waals surface area contributed by atoms with E-state index in [1.54, 1.807) is 6.07 Å². The molecule has 2 aromatic heterocycles. The smallest absolute Gasteiger partial charge is 0.296 e. The number of aromatic amines is 1. The molecule has 3 fully saturated rings. The molecule has 5 heterocycles. The molecular weight excluding hydrogens is 420 g/mol. The van der Waals surface area contributed by atoms with E-state index in [9.17, 15) is 4.79 Å². The van der Waals surface area contributed by atoms with Crippen LogP contribution in [0.2, 0.25) is 5.02 Å². The Hall–Kier alpha value is -2.68. The quantitative estimate of drug-likeness (QED) is 0.647. The van der Waals surface area contributed by atoms with Crippen molar-refractivity contribution in [2.45, 2.75) is 37.1 Å². The summed E-state index contributed by atoms with van der Waals surface area (Å²) in [5.74, 6) is -0.00890. The highest BCUT2D eigenvalue weighted by molar-refractivity contribution is 6.33. The van der Waals surface area contributed by atoms with Gasteiger partial charge >= 0.3 is 0 Å². The highest BCUT2D eigenvalue weighted by Crippen LogP contribution is 2.33. The third-order valence-corrected chi connectivity index (χ3v) is 6.51. The number of rotatable bonds is 4. The zero-order valence-electron chi connectivity index (χ0n) is 16.6. The number of nitrogens with one attached hydrogen (secondary N) is 2. The summed E-state index contributed by atoms with van der Waals surface area (Å²) in [6.07, 6.45) is 1.57. The van der Waals surface area contributed by atoms with Crippen molar-refractivity contribution in [1.29, 1.82) is 0 Å². The van der Waals surface area contributed by atoms with Crippen molar-refractivity contribution in [3.63, 3.8) is 0 Å². The molecule has 0 spiro atoms. The molecule has 1 unspecified atom stereocenters. The van der Waals surface area contributed by atoms with Crippen LogP contribution < -0.4 is 10.1 Å². The largest absolute Gasteiger partial charge is 0.456 e. The molecule has 3 saturated heterocycles. The maximum atomic E-state index is 11.9. The van der Waals surface area contributed by atoms with Crippen molar-refractivity contribution in [2.75, 3.05) is 19.8 Å². The third kappa shape index (κ3) is 3.35. The topological polar surface area (TPSA) is 98.4 Å². The monoisotopic (exact) mass is 440 g/mol. The fraction of sp³-hybridized carbons (Fsp3) is 0.409. The van der Waals surface area contributed by atoms with Gasteiger partial charge in [-0.15, -0.1) is 0 Å². The van der Waals surface area contributed by atoms with Crippen LogP contribution in [-0.4, -0.2) is 58.9 Å². The van der Waals surface area contributed by atoms with Crippen LogP contribution >= 0.6 is 11.6 Å². The highest BCUT2D eigenvalue weighted by Gasteiger charge is 2.43. The van der Waals surface area contributed by atoms with Crippen molar-refractivity contribution in [1.82, 2.24) is 20.3 Å². The van der Waals surface area contributed by atoms with E-state index in [1.807, 2.05) is 24.3 Å². The molecule has 0 radical (unpaired) electrons. The van der Waals surface area contributed by atoms with Crippen molar-refractivity contribution in [2.24, 2.45) is 0 Å². The molecule has 1 amide bonds. The normalized spacial score (nSPS) is 27.6. The van der Waals surface area contributed by atoms with Gasteiger partial charge in [0.1, 0.15) is 6.10 Å². The lowest BCUT2D eigenvalue weighted by Gasteiger charge is -2.15. The Bertz CT molecular complexity index is 1150. The van der Waals surface area contributed by atoms with Gasteiger partial charge < -0.3 is 24.5 Å². The molecular formula is C22H21ClN4O4. The minimum Gasteiger partial charge on any atom is -0.456 e. The number of pyridine rings is 1. The second-order valence-corrected chi connectivity index (χ2v) is 8.55. The Morgan fingerprint density at radius 3 is 2.81 bits per heavy atom. The predicted molar refractivity (Wildman–Crippen MR) is 113 cm³/mol. The summed E-state index contributed by atoms with van der Waals surface area (Å²) in [5, 5.41) is 3.38. The van der Waals surface area contributed by atoms with Crippen molar-refractivity contribution >= 4 is 28.7 Å². The molecule has 3 aromatic rings. The Labute approximate surface area is 183 Å². The minimum atomic E-state index is -0.191. The summed E-state index contributed by atoms with van der Waals surface area (Å²) in [7, 11) is 0. The molecule has 8 nitrogen and oxygen atoms in total. The number of ether oxygens (including phenoxy) is 3. The number of aromatic nitrogens is 3. The molecule has 1 aromatic carbocycles. The lowest BCUT2D eigenvalue weighted by molar-refractivity contribution is -0.120. The zero-order valence-corrected chi connectivity index (χ0v) is 17.4. The number of nitrogens with zero attached hydrogens (tertiary/aromatic N) is 2. The van der Waals surface area contributed by atoms with Gasteiger partial charge in [-0.3, -0.25) is 4.79 Å². The lowest BCUT2D eigenvalue weighted by atomic mass is 9.96. The first-order chi connectivity index (χ1) is 15.2. The van der Waals surface area contributed by atoms with Gasteiger partial charge in [-0.1, -0.05) is 35.9 Å². The Kier molecular flexibility index (Phi) is 4.59. The van der Waals surface area contributed by atoms with Crippen molar-refractivity contribution in [3.8, 4) is 17.3 Å². The van der Waals surface area contributed by atoms with Crippen LogP contribution in [0.3, 0.4) is 0 Å². The fourth-order valence-electron chi connectivity index (χ4n) is 4.61. The molecule has 3 aliphatic heterocycles. The Morgan fingerprint density at radius 1 is 1.13 bits per heavy atom. The number of hydrogen-bond acceptors (Lipinski definition) is 6. The second-order valence-electron chi connectivity index (χ2n) is 8.14. The first-order valence-corrected chi connectivity index (χ1v) is 10.9. The van der Waals surface area contributed by atoms with Crippen LogP contribution in [0.4, 0.5) is 0 Å². The van der Waals surface area contributed by atoms with Crippen LogP contribution in [0.1, 0.15) is 24.3 Å². The van der Waals surface area contributed by atoms with E-state index < -0.39 is 0 Å². The summed E-state index contributed by atoms with van der Waals surface area (Å²) < 4.78 is 17.5. The number of amides is 1. The standard InChI is InChI=1S/C22H21ClN4O4/c23-14-9-15-20(27-22(25-15)31-17-10-30-16-6-8-29-19(16)17)26-18(14)12-3-1-11(2-4-12)13-5-7-24-21(13)28/h1-4,9,13,16-17,19H,5-8,10H2,(H,24,28)(H,25,26,27)/t13?,16-,17-,19+/m1/s1. The number of fused-ring (bicyclic) bond motifs is 2. The highest BCUT2D eigenvalue weighted by atomic mass is 35.5. The fourth-order valence-corrected chi connectivity index (χ4v) is 4.87. The Balaban J connectivity index is 1.26. The first-order valence-electron chi connectivity index (χ1n) is 10.5. The maximum absolute atomic E-state index is 11.9. The molecule has 4 atom stereocenters. The van der Waals surface area contributed by atoms with E-state index in [0.717, 1.165) is 30.5 Å². The van der Waals surface area contributed by atoms with Crippen molar-refractivity contribution in [3.05, 3.63) is 40.9 Å². The summed E-state index contributed by atoms with van der Waals surface area (Å²) >= 11 is 6.53. The molecule has 160 valence electrons. The number of hydrogen-bond donors (Lipinski definition) is 2. The molecule has 2 N–H and O–H groups in total. The van der Waals surface area contributed by atoms with Crippen LogP contribution in [0.15, 0.2) is 30.3 Å². The molecule has 31 heavy (non-hydrogen) atoms. The molecule has 9 heteroatoms. The molecule has 6 rings (SSSR count). The van der Waals surface area contributed by atoms with Crippen LogP contribution in [0.5, 0.6) is 6.01 Å². The van der Waals surface area contributed by atoms with E-state index in [2.05, 4.69) is 20.3 Å². The summed E-state index contributed by atoms with van der Waals surface area (Å²) in [5.41, 5.74) is 3.73. The number of carbonyl (C=O) groups is 1. The van der Waals surface area contributed by atoms with E-state index in [1.165, 1.54) is 0 Å². The van der Waals surface area contributed by atoms with E-state index in [4.69, 9.17) is 25.8 Å². The van der Waals surface area contributed by atoms with Gasteiger partial charge in [0.2, 0.25) is 5.91 Å². The van der Waals surface area contributed by atoms with Crippen LogP contribution in [-0.2, 0) is 14.3 Å². The number of halogens is 1. The number of carbonyl (C=O) groups excluding carboxylic acids is 1. The van der Waals surface area contributed by atoms with E-state index >= 15 is 0 Å². The van der Waals surface area contributed by atoms with Gasteiger partial charge in [-0.25, -0.2) is 4.98 Å². The van der Waals surface area contributed by atoms with Gasteiger partial charge in [-0.2, -0.15) is 4.98 Å². The average Bonchev–Trinajstić information content (AvgIpc) is 3.54. The maximum Gasteiger partial charge on any atom is 0.296 e. The summed E-state index contributed by atoms with van der Waals surface area (Å²) in [6.45, 7) is 1.90. The lowest BCUT2D eigenvalue weighted by Crippen LogP contribution is -2.32. The summed E-state index contributed by atoms with van der Waals surface area (Å²) in [4.78, 5) is 24.2. The van der Waals surface area contributed by atoms with Gasteiger partial charge in [-0.05, 0) is 24.5 Å². The van der Waals surface area contributed by atoms with E-state index in [-0.39, 0.29) is 30.1 Å². The molecule has 0 bridgehead atoms. The molecule has 0 aliphatic carbocycles. The zero-order chi connectivity index (χ0) is 20.9. The minimum absolute atomic E-state index is 0.0548. The number of H-pyrrole nitrogens is 1. The molecule has 3 aliphatic rings. The first kappa shape index (κ1) is 19.0. The Morgan fingerprint density at radius 2 is 2.00 bits per heavy atom.